The molecule has 0 saturated heterocycles. The molecule has 3 rings (SSSR count). The zero-order chi connectivity index (χ0) is 23.8. The molecule has 1 aromatic heterocycles. The Kier molecular flexibility index (Phi) is 8.54. The van der Waals surface area contributed by atoms with Crippen LogP contribution in [0.1, 0.15) is 40.5 Å². The van der Waals surface area contributed by atoms with Gasteiger partial charge >= 0.3 is 0 Å². The average molecular weight is 465 g/mol. The van der Waals surface area contributed by atoms with Crippen LogP contribution in [0.4, 0.5) is 5.82 Å². The van der Waals surface area contributed by atoms with Crippen LogP contribution in [0.2, 0.25) is 0 Å². The number of rotatable bonds is 9. The smallest absolute Gasteiger partial charge is 0.229 e. The quantitative estimate of drug-likeness (QED) is 0.320. The first-order chi connectivity index (χ1) is 15.9. The zero-order valence-electron chi connectivity index (χ0n) is 19.1. The minimum Gasteiger partial charge on any atom is -0.481 e. The molecule has 1 amide bonds. The summed E-state index contributed by atoms with van der Waals surface area (Å²) in [5.41, 5.74) is 3.01. The van der Waals surface area contributed by atoms with Crippen LogP contribution >= 0.6 is 11.8 Å². The molecule has 7 nitrogen and oxygen atoms in total. The summed E-state index contributed by atoms with van der Waals surface area (Å²) in [7, 11) is 1.47. The number of nitrogens with zero attached hydrogens (tertiary/aromatic N) is 2. The number of ether oxygens (including phenoxy) is 1. The van der Waals surface area contributed by atoms with Crippen molar-refractivity contribution in [3.05, 3.63) is 64.7 Å². The van der Waals surface area contributed by atoms with Crippen molar-refractivity contribution in [2.45, 2.75) is 38.0 Å². The molecule has 1 atom stereocenters. The number of anilines is 1. The highest BCUT2D eigenvalue weighted by atomic mass is 32.2. The van der Waals surface area contributed by atoms with Crippen LogP contribution in [0, 0.1) is 18.3 Å². The topological polar surface area (TPSA) is 104 Å². The molecule has 0 bridgehead atoms. The Balaban J connectivity index is 1.69. The number of fused-ring (bicyclic) bond motifs is 1. The number of allylic oxidation sites excluding steroid dienone is 1. The lowest BCUT2D eigenvalue weighted by Gasteiger charge is -2.22. The summed E-state index contributed by atoms with van der Waals surface area (Å²) in [4.78, 5) is 35.5. The van der Waals surface area contributed by atoms with Gasteiger partial charge in [-0.2, -0.15) is 0 Å². The molecule has 0 spiro atoms. The van der Waals surface area contributed by atoms with E-state index in [1.807, 2.05) is 31.2 Å². The number of thioether (sulfide) groups is 1. The number of carbonyl (C=O) groups excluding carboxylic acids is 2. The molecular weight excluding hydrogens is 436 g/mol. The number of hydrogen-bond acceptors (Lipinski definition) is 7. The molecule has 1 heterocycles. The van der Waals surface area contributed by atoms with Gasteiger partial charge in [0.1, 0.15) is 5.82 Å². The van der Waals surface area contributed by atoms with E-state index in [-0.39, 0.29) is 29.9 Å². The predicted molar refractivity (Wildman–Crippen MR) is 133 cm³/mol. The highest BCUT2D eigenvalue weighted by Crippen LogP contribution is 2.28. The van der Waals surface area contributed by atoms with Crippen molar-refractivity contribution in [2.24, 2.45) is 10.9 Å². The summed E-state index contributed by atoms with van der Waals surface area (Å²) in [6.07, 6.45) is 5.51. The average Bonchev–Trinajstić information content (AvgIpc) is 2.79. The molecule has 0 fully saturated rings. The second-order valence-corrected chi connectivity index (χ2v) is 8.95. The number of aryl methyl sites for hydroxylation is 2. The molecule has 0 saturated carbocycles. The molecule has 1 aliphatic rings. The van der Waals surface area contributed by atoms with Crippen LogP contribution in [-0.2, 0) is 22.4 Å². The first-order valence-electron chi connectivity index (χ1n) is 10.8. The number of aliphatic imine (C=N–C) groups is 1. The SMILES string of the molecule is CCSc1ccc(CC(=O)Nc2cc(C)c3c(n2)CCC(/C=N/C(=C\C=N)OC)C3=O)cc1. The van der Waals surface area contributed by atoms with E-state index >= 15 is 0 Å². The fourth-order valence-electron chi connectivity index (χ4n) is 3.71. The van der Waals surface area contributed by atoms with E-state index in [1.165, 1.54) is 18.1 Å². The monoisotopic (exact) mass is 464 g/mol. The van der Waals surface area contributed by atoms with Crippen molar-refractivity contribution < 1.29 is 14.3 Å². The maximum atomic E-state index is 13.0. The van der Waals surface area contributed by atoms with Crippen LogP contribution < -0.4 is 5.32 Å². The van der Waals surface area contributed by atoms with Crippen molar-refractivity contribution in [1.29, 1.82) is 5.41 Å². The Hall–Kier alpha value is -3.26. The number of ketones is 1. The molecule has 2 aromatic rings. The maximum absolute atomic E-state index is 13.0. The van der Waals surface area contributed by atoms with Gasteiger partial charge in [-0.25, -0.2) is 9.98 Å². The lowest BCUT2D eigenvalue weighted by Crippen LogP contribution is -2.26. The molecule has 0 aliphatic heterocycles. The first-order valence-corrected chi connectivity index (χ1v) is 11.8. The van der Waals surface area contributed by atoms with Gasteiger partial charge < -0.3 is 15.5 Å². The fraction of sp³-hybridized carbons (Fsp3) is 0.320. The molecule has 0 radical (unpaired) electrons. The molecule has 8 heteroatoms. The van der Waals surface area contributed by atoms with E-state index in [9.17, 15) is 9.59 Å². The van der Waals surface area contributed by atoms with Gasteiger partial charge in [-0.05, 0) is 54.8 Å². The van der Waals surface area contributed by atoms with Gasteiger partial charge in [0, 0.05) is 29.0 Å². The zero-order valence-corrected chi connectivity index (χ0v) is 19.9. The number of carbonyl (C=O) groups is 2. The molecule has 33 heavy (non-hydrogen) atoms. The minimum absolute atomic E-state index is 0.0433. The third-order valence-corrected chi connectivity index (χ3v) is 6.14. The fourth-order valence-corrected chi connectivity index (χ4v) is 4.37. The highest BCUT2D eigenvalue weighted by molar-refractivity contribution is 7.99. The normalized spacial score (nSPS) is 15.9. The lowest BCUT2D eigenvalue weighted by atomic mass is 9.84. The lowest BCUT2D eigenvalue weighted by molar-refractivity contribution is -0.115. The molecule has 1 unspecified atom stereocenters. The van der Waals surface area contributed by atoms with Crippen molar-refractivity contribution in [2.75, 3.05) is 18.2 Å². The standard InChI is InChI=1S/C25H28N4O3S/c1-4-33-19-8-5-17(6-9-19)14-22(30)29-21-13-16(2)24-20(28-21)10-7-18(25(24)31)15-27-23(32-3)11-12-26/h5-6,8-9,11-13,15,18,26H,4,7,10,14H2,1-3H3,(H,28,29,30)/b23-11+,26-12?,27-15+. The first kappa shape index (κ1) is 24.4. The van der Waals surface area contributed by atoms with Gasteiger partial charge in [-0.15, -0.1) is 11.8 Å². The minimum atomic E-state index is -0.378. The largest absolute Gasteiger partial charge is 0.481 e. The summed E-state index contributed by atoms with van der Waals surface area (Å²) < 4.78 is 5.07. The van der Waals surface area contributed by atoms with E-state index < -0.39 is 0 Å². The Labute approximate surface area is 198 Å². The van der Waals surface area contributed by atoms with Gasteiger partial charge in [0.15, 0.2) is 5.78 Å². The third-order valence-electron chi connectivity index (χ3n) is 5.25. The van der Waals surface area contributed by atoms with Gasteiger partial charge in [-0.3, -0.25) is 9.59 Å². The van der Waals surface area contributed by atoms with Crippen molar-refractivity contribution in [1.82, 2.24) is 4.98 Å². The number of benzene rings is 1. The van der Waals surface area contributed by atoms with E-state index in [0.29, 0.717) is 29.9 Å². The Morgan fingerprint density at radius 2 is 2.12 bits per heavy atom. The summed E-state index contributed by atoms with van der Waals surface area (Å²) in [5, 5.41) is 9.99. The summed E-state index contributed by atoms with van der Waals surface area (Å²) in [5.74, 6) is 1.18. The van der Waals surface area contributed by atoms with Crippen molar-refractivity contribution in [3.8, 4) is 0 Å². The Bertz CT molecular complexity index is 1090. The number of Topliss-reactive ketones (excluding diaryl/α,β-unsaturated/α-hetero) is 1. The Morgan fingerprint density at radius 1 is 1.36 bits per heavy atom. The number of hydrogen-bond donors (Lipinski definition) is 2. The summed E-state index contributed by atoms with van der Waals surface area (Å²) >= 11 is 1.76. The number of methoxy groups -OCH3 is 1. The third kappa shape index (κ3) is 6.38. The summed E-state index contributed by atoms with van der Waals surface area (Å²) in [6.45, 7) is 3.96. The second-order valence-electron chi connectivity index (χ2n) is 7.61. The maximum Gasteiger partial charge on any atom is 0.229 e. The van der Waals surface area contributed by atoms with Crippen LogP contribution in [0.15, 0.2) is 52.2 Å². The molecule has 1 aromatic carbocycles. The van der Waals surface area contributed by atoms with E-state index in [0.717, 1.165) is 23.1 Å². The van der Waals surface area contributed by atoms with Crippen molar-refractivity contribution >= 4 is 41.7 Å². The predicted octanol–water partition coefficient (Wildman–Crippen LogP) is 4.64. The van der Waals surface area contributed by atoms with E-state index in [2.05, 4.69) is 22.2 Å². The van der Waals surface area contributed by atoms with Gasteiger partial charge in [0.25, 0.3) is 0 Å². The molecule has 2 N–H and O–H groups in total. The van der Waals surface area contributed by atoms with Crippen LogP contribution in [0.5, 0.6) is 0 Å². The number of aromatic nitrogens is 1. The van der Waals surface area contributed by atoms with Crippen molar-refractivity contribution in [3.63, 3.8) is 0 Å². The molecule has 172 valence electrons. The van der Waals surface area contributed by atoms with Crippen LogP contribution in [-0.4, -0.2) is 42.0 Å². The number of nitrogens with one attached hydrogen (secondary N) is 2. The van der Waals surface area contributed by atoms with Crippen LogP contribution in [0.25, 0.3) is 0 Å². The van der Waals surface area contributed by atoms with Crippen LogP contribution in [0.3, 0.4) is 0 Å². The van der Waals surface area contributed by atoms with Gasteiger partial charge in [0.05, 0.1) is 25.1 Å². The number of pyridine rings is 1. The molecular formula is C25H28N4O3S. The second kappa shape index (κ2) is 11.6. The van der Waals surface area contributed by atoms with E-state index in [4.69, 9.17) is 10.1 Å². The number of amides is 1. The van der Waals surface area contributed by atoms with E-state index in [1.54, 1.807) is 24.0 Å². The summed E-state index contributed by atoms with van der Waals surface area (Å²) in [6, 6.07) is 9.73. The highest BCUT2D eigenvalue weighted by Gasteiger charge is 2.29. The molecule has 1 aliphatic carbocycles. The Morgan fingerprint density at radius 3 is 2.79 bits per heavy atom. The van der Waals surface area contributed by atoms with Gasteiger partial charge in [0.2, 0.25) is 11.8 Å². The van der Waals surface area contributed by atoms with Gasteiger partial charge in [-0.1, -0.05) is 19.1 Å².